The number of halogens is 1. The molecule has 182 valence electrons. The number of anilines is 1. The maximum absolute atomic E-state index is 6.10. The summed E-state index contributed by atoms with van der Waals surface area (Å²) in [6, 6.07) is 27.0. The van der Waals surface area contributed by atoms with Gasteiger partial charge in [0.1, 0.15) is 11.6 Å². The number of rotatable bonds is 8. The van der Waals surface area contributed by atoms with Crippen LogP contribution in [0.3, 0.4) is 0 Å². The highest BCUT2D eigenvalue weighted by atomic mass is 79.9. The van der Waals surface area contributed by atoms with E-state index >= 15 is 0 Å². The first-order chi connectivity index (χ1) is 17.5. The van der Waals surface area contributed by atoms with E-state index in [2.05, 4.69) is 89.7 Å². The zero-order valence-corrected chi connectivity index (χ0v) is 22.9. The van der Waals surface area contributed by atoms with Crippen molar-refractivity contribution in [3.63, 3.8) is 0 Å². The first-order valence-electron chi connectivity index (χ1n) is 11.8. The number of nitrogens with zero attached hydrogens (tertiary/aromatic N) is 1. The van der Waals surface area contributed by atoms with E-state index in [-0.39, 0.29) is 0 Å². The molecule has 5 aromatic rings. The molecule has 36 heavy (non-hydrogen) atoms. The summed E-state index contributed by atoms with van der Waals surface area (Å²) in [5, 5.41) is 4.55. The molecule has 1 aromatic heterocycles. The summed E-state index contributed by atoms with van der Waals surface area (Å²) in [5.41, 5.74) is 7.92. The highest BCUT2D eigenvalue weighted by Crippen LogP contribution is 2.35. The Morgan fingerprint density at radius 3 is 2.47 bits per heavy atom. The standard InChI is InChI=1S/C30H27BrN2O2S/c1-19-8-13-26-29(14-19)36-30(33-26)21-9-11-24(12-10-21)32-17-23-15-27(34-3)28(16-25(23)31)35-18-22-7-5-4-6-20(22)2/h4-16,32H,17-18H2,1-3H3. The summed E-state index contributed by atoms with van der Waals surface area (Å²) in [5.74, 6) is 1.43. The first-order valence-corrected chi connectivity index (χ1v) is 13.4. The van der Waals surface area contributed by atoms with Gasteiger partial charge < -0.3 is 14.8 Å². The lowest BCUT2D eigenvalue weighted by Crippen LogP contribution is -2.03. The van der Waals surface area contributed by atoms with Gasteiger partial charge in [0.2, 0.25) is 0 Å². The van der Waals surface area contributed by atoms with Gasteiger partial charge in [-0.25, -0.2) is 4.98 Å². The predicted molar refractivity (Wildman–Crippen MR) is 153 cm³/mol. The van der Waals surface area contributed by atoms with Crippen molar-refractivity contribution in [3.8, 4) is 22.1 Å². The summed E-state index contributed by atoms with van der Waals surface area (Å²) in [7, 11) is 1.67. The molecule has 0 saturated heterocycles. The van der Waals surface area contributed by atoms with Crippen LogP contribution in [-0.2, 0) is 13.2 Å². The van der Waals surface area contributed by atoms with Crippen molar-refractivity contribution in [2.45, 2.75) is 27.0 Å². The highest BCUT2D eigenvalue weighted by Gasteiger charge is 2.12. The second kappa shape index (κ2) is 10.7. The van der Waals surface area contributed by atoms with Crippen molar-refractivity contribution in [1.29, 1.82) is 0 Å². The Morgan fingerprint density at radius 1 is 0.889 bits per heavy atom. The van der Waals surface area contributed by atoms with Crippen LogP contribution in [0.4, 0.5) is 5.69 Å². The summed E-state index contributed by atoms with van der Waals surface area (Å²) >= 11 is 5.43. The monoisotopic (exact) mass is 558 g/mol. The molecular weight excluding hydrogens is 532 g/mol. The molecule has 1 heterocycles. The highest BCUT2D eigenvalue weighted by molar-refractivity contribution is 9.10. The number of aryl methyl sites for hydroxylation is 2. The van der Waals surface area contributed by atoms with E-state index in [1.165, 1.54) is 15.8 Å². The molecule has 4 nitrogen and oxygen atoms in total. The van der Waals surface area contributed by atoms with Crippen LogP contribution in [0, 0.1) is 13.8 Å². The van der Waals surface area contributed by atoms with Gasteiger partial charge in [-0.2, -0.15) is 0 Å². The fourth-order valence-corrected chi connectivity index (χ4v) is 5.53. The molecule has 0 atom stereocenters. The van der Waals surface area contributed by atoms with Crippen molar-refractivity contribution >= 4 is 43.2 Å². The van der Waals surface area contributed by atoms with Crippen LogP contribution in [0.15, 0.2) is 83.3 Å². The average molecular weight is 560 g/mol. The molecule has 0 bridgehead atoms. The molecular formula is C30H27BrN2O2S. The van der Waals surface area contributed by atoms with Gasteiger partial charge >= 0.3 is 0 Å². The van der Waals surface area contributed by atoms with E-state index in [0.29, 0.717) is 24.7 Å². The molecule has 0 spiro atoms. The van der Waals surface area contributed by atoms with Crippen molar-refractivity contribution in [2.75, 3.05) is 12.4 Å². The van der Waals surface area contributed by atoms with E-state index < -0.39 is 0 Å². The van der Waals surface area contributed by atoms with E-state index in [0.717, 1.165) is 37.4 Å². The first kappa shape index (κ1) is 24.3. The molecule has 0 saturated carbocycles. The van der Waals surface area contributed by atoms with Crippen LogP contribution in [0.25, 0.3) is 20.8 Å². The number of ether oxygens (including phenoxy) is 2. The topological polar surface area (TPSA) is 43.4 Å². The number of methoxy groups -OCH3 is 1. The lowest BCUT2D eigenvalue weighted by atomic mass is 10.1. The average Bonchev–Trinajstić information content (AvgIpc) is 3.31. The molecule has 0 aliphatic carbocycles. The molecule has 0 radical (unpaired) electrons. The number of nitrogens with one attached hydrogen (secondary N) is 1. The Hall–Kier alpha value is -3.35. The molecule has 0 fully saturated rings. The van der Waals surface area contributed by atoms with Crippen LogP contribution >= 0.6 is 27.3 Å². The van der Waals surface area contributed by atoms with Gasteiger partial charge in [0.25, 0.3) is 0 Å². The van der Waals surface area contributed by atoms with Crippen LogP contribution < -0.4 is 14.8 Å². The lowest BCUT2D eigenvalue weighted by molar-refractivity contribution is 0.283. The third-order valence-electron chi connectivity index (χ3n) is 6.14. The Morgan fingerprint density at radius 2 is 1.69 bits per heavy atom. The number of fused-ring (bicyclic) bond motifs is 1. The number of benzene rings is 4. The Balaban J connectivity index is 1.26. The second-order valence-corrected chi connectivity index (χ2v) is 10.6. The van der Waals surface area contributed by atoms with Crippen LogP contribution in [0.1, 0.15) is 22.3 Å². The van der Waals surface area contributed by atoms with Crippen molar-refractivity contribution in [1.82, 2.24) is 4.98 Å². The number of aromatic nitrogens is 1. The lowest BCUT2D eigenvalue weighted by Gasteiger charge is -2.15. The van der Waals surface area contributed by atoms with Crippen LogP contribution in [0.5, 0.6) is 11.5 Å². The largest absolute Gasteiger partial charge is 0.493 e. The van der Waals surface area contributed by atoms with Gasteiger partial charge in [0.15, 0.2) is 11.5 Å². The fraction of sp³-hybridized carbons (Fsp3) is 0.167. The van der Waals surface area contributed by atoms with Gasteiger partial charge in [0, 0.05) is 22.3 Å². The Labute approximate surface area is 224 Å². The van der Waals surface area contributed by atoms with Gasteiger partial charge in [-0.05, 0) is 84.6 Å². The summed E-state index contributed by atoms with van der Waals surface area (Å²) < 4.78 is 13.9. The van der Waals surface area contributed by atoms with Crippen molar-refractivity contribution in [2.24, 2.45) is 0 Å². The molecule has 0 amide bonds. The summed E-state index contributed by atoms with van der Waals surface area (Å²) in [4.78, 5) is 4.79. The molecule has 1 N–H and O–H groups in total. The summed E-state index contributed by atoms with van der Waals surface area (Å²) in [6.45, 7) is 5.34. The predicted octanol–water partition coefficient (Wildman–Crippen LogP) is 8.54. The molecule has 0 unspecified atom stereocenters. The third kappa shape index (κ3) is 5.40. The smallest absolute Gasteiger partial charge is 0.162 e. The van der Waals surface area contributed by atoms with Gasteiger partial charge in [0.05, 0.1) is 17.3 Å². The van der Waals surface area contributed by atoms with E-state index in [1.54, 1.807) is 18.4 Å². The fourth-order valence-electron chi connectivity index (χ4n) is 4.00. The molecule has 0 aliphatic rings. The Bertz CT molecular complexity index is 1510. The molecule has 6 heteroatoms. The number of thiazole rings is 1. The minimum Gasteiger partial charge on any atom is -0.493 e. The van der Waals surface area contributed by atoms with E-state index in [4.69, 9.17) is 14.5 Å². The molecule has 5 rings (SSSR count). The van der Waals surface area contributed by atoms with Crippen LogP contribution in [-0.4, -0.2) is 12.1 Å². The van der Waals surface area contributed by atoms with Crippen molar-refractivity contribution < 1.29 is 9.47 Å². The minimum atomic E-state index is 0.494. The normalized spacial score (nSPS) is 11.0. The van der Waals surface area contributed by atoms with E-state index in [1.807, 2.05) is 24.3 Å². The van der Waals surface area contributed by atoms with Crippen LogP contribution in [0.2, 0.25) is 0 Å². The zero-order valence-electron chi connectivity index (χ0n) is 20.5. The zero-order chi connectivity index (χ0) is 25.1. The second-order valence-electron chi connectivity index (χ2n) is 8.73. The van der Waals surface area contributed by atoms with E-state index in [9.17, 15) is 0 Å². The minimum absolute atomic E-state index is 0.494. The Kier molecular flexibility index (Phi) is 7.25. The van der Waals surface area contributed by atoms with Gasteiger partial charge in [-0.15, -0.1) is 11.3 Å². The quantitative estimate of drug-likeness (QED) is 0.207. The molecule has 0 aliphatic heterocycles. The molecule has 4 aromatic carbocycles. The van der Waals surface area contributed by atoms with Gasteiger partial charge in [-0.3, -0.25) is 0 Å². The number of hydrogen-bond donors (Lipinski definition) is 1. The SMILES string of the molecule is COc1cc(CNc2ccc(-c3nc4ccc(C)cc4s3)cc2)c(Br)cc1OCc1ccccc1C. The maximum Gasteiger partial charge on any atom is 0.162 e. The third-order valence-corrected chi connectivity index (χ3v) is 7.94. The number of hydrogen-bond acceptors (Lipinski definition) is 5. The summed E-state index contributed by atoms with van der Waals surface area (Å²) in [6.07, 6.45) is 0. The van der Waals surface area contributed by atoms with Crippen molar-refractivity contribution in [3.05, 3.63) is 106 Å². The van der Waals surface area contributed by atoms with Gasteiger partial charge in [-0.1, -0.05) is 46.3 Å². The maximum atomic E-state index is 6.10.